The minimum atomic E-state index is -0.196. The molecule has 0 aliphatic heterocycles. The number of hydrogen-bond donors (Lipinski definition) is 1. The number of carbonyl (C=O) groups is 1. The summed E-state index contributed by atoms with van der Waals surface area (Å²) in [5, 5.41) is 4.87. The van der Waals surface area contributed by atoms with Gasteiger partial charge in [-0.15, -0.1) is 0 Å². The molecule has 31 heavy (non-hydrogen) atoms. The van der Waals surface area contributed by atoms with E-state index in [1.165, 1.54) is 0 Å². The first-order chi connectivity index (χ1) is 15.3. The van der Waals surface area contributed by atoms with Crippen LogP contribution in [-0.2, 0) is 0 Å². The number of anilines is 1. The van der Waals surface area contributed by atoms with Gasteiger partial charge in [0.15, 0.2) is 0 Å². The van der Waals surface area contributed by atoms with Gasteiger partial charge >= 0.3 is 0 Å². The number of nitrogens with zero attached hydrogens (tertiary/aromatic N) is 4. The SMILES string of the molecule is O=C(Nc1ccccc1)c1ccc2nc3c4ncccc4c4cccnc4c3nc2c1. The first kappa shape index (κ1) is 17.4. The molecule has 0 spiro atoms. The third-order valence-corrected chi connectivity index (χ3v) is 5.31. The van der Waals surface area contributed by atoms with Crippen LogP contribution in [0.5, 0.6) is 0 Å². The molecule has 6 nitrogen and oxygen atoms in total. The lowest BCUT2D eigenvalue weighted by Crippen LogP contribution is -2.11. The fraction of sp³-hybridized carbons (Fsp3) is 0. The van der Waals surface area contributed by atoms with Crippen LogP contribution in [0.15, 0.2) is 85.2 Å². The number of nitrogens with one attached hydrogen (secondary N) is 1. The van der Waals surface area contributed by atoms with E-state index in [1.54, 1.807) is 24.5 Å². The van der Waals surface area contributed by atoms with E-state index in [2.05, 4.69) is 15.3 Å². The second-order valence-electron chi connectivity index (χ2n) is 7.24. The van der Waals surface area contributed by atoms with Crippen molar-refractivity contribution in [1.82, 2.24) is 19.9 Å². The molecule has 0 bridgehead atoms. The maximum absolute atomic E-state index is 12.7. The van der Waals surface area contributed by atoms with Crippen molar-refractivity contribution >= 4 is 55.5 Å². The normalized spacial score (nSPS) is 11.4. The number of pyridine rings is 2. The lowest BCUT2D eigenvalue weighted by Gasteiger charge is -2.09. The molecular weight excluding hydrogens is 386 g/mol. The standard InChI is InChI=1S/C25H15N5O/c31-25(28-16-6-2-1-3-7-16)15-10-11-19-20(14-15)30-24-22-18(9-5-13-27-22)17-8-4-12-26-21(17)23(24)29-19/h1-14H,(H,28,31). The minimum absolute atomic E-state index is 0.196. The Balaban J connectivity index is 1.57. The Bertz CT molecular complexity index is 1630. The van der Waals surface area contributed by atoms with Gasteiger partial charge in [-0.2, -0.15) is 0 Å². The third kappa shape index (κ3) is 2.85. The van der Waals surface area contributed by atoms with Crippen molar-refractivity contribution in [3.05, 3.63) is 90.8 Å². The predicted molar refractivity (Wildman–Crippen MR) is 122 cm³/mol. The van der Waals surface area contributed by atoms with E-state index in [0.29, 0.717) is 27.6 Å². The van der Waals surface area contributed by atoms with E-state index in [0.717, 1.165) is 27.5 Å². The number of aromatic nitrogens is 4. The first-order valence-electron chi connectivity index (χ1n) is 9.87. The molecule has 1 amide bonds. The lowest BCUT2D eigenvalue weighted by molar-refractivity contribution is 0.102. The third-order valence-electron chi connectivity index (χ3n) is 5.31. The number of carbonyl (C=O) groups excluding carboxylic acids is 1. The molecule has 0 aliphatic rings. The van der Waals surface area contributed by atoms with E-state index < -0.39 is 0 Å². The Hall–Kier alpha value is -4.45. The Morgan fingerprint density at radius 2 is 1.29 bits per heavy atom. The van der Waals surface area contributed by atoms with Crippen LogP contribution < -0.4 is 5.32 Å². The monoisotopic (exact) mass is 401 g/mol. The number of benzene rings is 3. The molecule has 0 saturated carbocycles. The zero-order chi connectivity index (χ0) is 20.8. The van der Waals surface area contributed by atoms with Crippen molar-refractivity contribution in [2.75, 3.05) is 5.32 Å². The van der Waals surface area contributed by atoms with Crippen molar-refractivity contribution in [2.45, 2.75) is 0 Å². The van der Waals surface area contributed by atoms with Crippen LogP contribution in [0.4, 0.5) is 5.69 Å². The molecule has 3 heterocycles. The number of para-hydroxylation sites is 1. The molecule has 3 aromatic heterocycles. The topological polar surface area (TPSA) is 80.7 Å². The fourth-order valence-electron chi connectivity index (χ4n) is 3.87. The summed E-state index contributed by atoms with van der Waals surface area (Å²) >= 11 is 0. The molecule has 1 N–H and O–H groups in total. The van der Waals surface area contributed by atoms with Gasteiger partial charge in [-0.25, -0.2) is 9.97 Å². The summed E-state index contributed by atoms with van der Waals surface area (Å²) in [6.45, 7) is 0. The smallest absolute Gasteiger partial charge is 0.255 e. The number of rotatable bonds is 2. The summed E-state index contributed by atoms with van der Waals surface area (Å²) < 4.78 is 0. The zero-order valence-electron chi connectivity index (χ0n) is 16.3. The molecule has 0 fully saturated rings. The van der Waals surface area contributed by atoms with Crippen LogP contribution in [0.25, 0.3) is 43.9 Å². The summed E-state index contributed by atoms with van der Waals surface area (Å²) in [5.74, 6) is -0.196. The maximum Gasteiger partial charge on any atom is 0.255 e. The molecule has 0 saturated heterocycles. The van der Waals surface area contributed by atoms with Crippen molar-refractivity contribution in [2.24, 2.45) is 0 Å². The predicted octanol–water partition coefficient (Wildman–Crippen LogP) is 5.13. The highest BCUT2D eigenvalue weighted by atomic mass is 16.1. The first-order valence-corrected chi connectivity index (χ1v) is 9.87. The van der Waals surface area contributed by atoms with Crippen LogP contribution in [-0.4, -0.2) is 25.8 Å². The number of amides is 1. The molecule has 0 radical (unpaired) electrons. The van der Waals surface area contributed by atoms with Crippen LogP contribution in [0, 0.1) is 0 Å². The maximum atomic E-state index is 12.7. The van der Waals surface area contributed by atoms with Crippen molar-refractivity contribution in [3.8, 4) is 0 Å². The van der Waals surface area contributed by atoms with Gasteiger partial charge in [-0.05, 0) is 42.5 Å². The average Bonchev–Trinajstić information content (AvgIpc) is 2.83. The Morgan fingerprint density at radius 1 is 0.645 bits per heavy atom. The van der Waals surface area contributed by atoms with E-state index in [4.69, 9.17) is 9.97 Å². The number of hydrogen-bond acceptors (Lipinski definition) is 5. The largest absolute Gasteiger partial charge is 0.322 e. The van der Waals surface area contributed by atoms with Crippen molar-refractivity contribution < 1.29 is 4.79 Å². The fourth-order valence-corrected chi connectivity index (χ4v) is 3.87. The van der Waals surface area contributed by atoms with Gasteiger partial charge in [0.25, 0.3) is 5.91 Å². The quantitative estimate of drug-likeness (QED) is 0.321. The summed E-state index contributed by atoms with van der Waals surface area (Å²) in [4.78, 5) is 31.6. The van der Waals surface area contributed by atoms with Crippen molar-refractivity contribution in [1.29, 1.82) is 0 Å². The highest BCUT2D eigenvalue weighted by Crippen LogP contribution is 2.31. The zero-order valence-corrected chi connectivity index (χ0v) is 16.3. The van der Waals surface area contributed by atoms with E-state index in [-0.39, 0.29) is 5.91 Å². The van der Waals surface area contributed by atoms with Crippen LogP contribution >= 0.6 is 0 Å². The molecule has 146 valence electrons. The summed E-state index contributed by atoms with van der Waals surface area (Å²) in [6.07, 6.45) is 3.51. The van der Waals surface area contributed by atoms with E-state index in [9.17, 15) is 4.79 Å². The average molecular weight is 401 g/mol. The van der Waals surface area contributed by atoms with Gasteiger partial charge in [0, 0.05) is 34.4 Å². The van der Waals surface area contributed by atoms with Crippen LogP contribution in [0.1, 0.15) is 10.4 Å². The van der Waals surface area contributed by atoms with Gasteiger partial charge in [0.05, 0.1) is 22.1 Å². The highest BCUT2D eigenvalue weighted by molar-refractivity contribution is 6.21. The van der Waals surface area contributed by atoms with Crippen LogP contribution in [0.3, 0.4) is 0 Å². The van der Waals surface area contributed by atoms with Crippen LogP contribution in [0.2, 0.25) is 0 Å². The molecule has 6 aromatic rings. The molecular formula is C25H15N5O. The molecule has 3 aromatic carbocycles. The van der Waals surface area contributed by atoms with Gasteiger partial charge in [-0.3, -0.25) is 14.8 Å². The molecule has 6 rings (SSSR count). The highest BCUT2D eigenvalue weighted by Gasteiger charge is 2.15. The van der Waals surface area contributed by atoms with Gasteiger partial charge in [0.2, 0.25) is 0 Å². The number of fused-ring (bicyclic) bond motifs is 7. The molecule has 0 aliphatic carbocycles. The summed E-state index contributed by atoms with van der Waals surface area (Å²) in [6, 6.07) is 22.6. The van der Waals surface area contributed by atoms with Gasteiger partial charge < -0.3 is 5.32 Å². The summed E-state index contributed by atoms with van der Waals surface area (Å²) in [5.41, 5.74) is 5.53. The summed E-state index contributed by atoms with van der Waals surface area (Å²) in [7, 11) is 0. The lowest BCUT2D eigenvalue weighted by atomic mass is 10.1. The Kier molecular flexibility index (Phi) is 3.83. The van der Waals surface area contributed by atoms with Gasteiger partial charge in [0.1, 0.15) is 11.0 Å². The Morgan fingerprint density at radius 3 is 1.97 bits per heavy atom. The van der Waals surface area contributed by atoms with Crippen molar-refractivity contribution in [3.63, 3.8) is 0 Å². The molecule has 6 heteroatoms. The van der Waals surface area contributed by atoms with E-state index in [1.807, 2.05) is 60.7 Å². The minimum Gasteiger partial charge on any atom is -0.322 e. The molecule has 0 atom stereocenters. The second kappa shape index (κ2) is 6.81. The van der Waals surface area contributed by atoms with E-state index >= 15 is 0 Å². The van der Waals surface area contributed by atoms with Gasteiger partial charge in [-0.1, -0.05) is 30.3 Å². The second-order valence-corrected chi connectivity index (χ2v) is 7.24. The molecule has 0 unspecified atom stereocenters. The Labute approximate surface area is 176 Å².